The van der Waals surface area contributed by atoms with Crippen LogP contribution in [0.4, 0.5) is 0 Å². The van der Waals surface area contributed by atoms with Crippen LogP contribution in [0, 0.1) is 11.3 Å². The van der Waals surface area contributed by atoms with Gasteiger partial charge in [-0.1, -0.05) is 27.2 Å². The highest BCUT2D eigenvalue weighted by Gasteiger charge is 2.29. The standard InChI is InChI=1S/C11H20O/c1-4-11(3)7-5-9(2)10(12)6-8-11/h9H,4-8H2,1-3H3. The van der Waals surface area contributed by atoms with Crippen LogP contribution in [-0.4, -0.2) is 5.78 Å². The molecule has 0 radical (unpaired) electrons. The van der Waals surface area contributed by atoms with Crippen molar-refractivity contribution < 1.29 is 4.79 Å². The predicted molar refractivity (Wildman–Crippen MR) is 51.0 cm³/mol. The SMILES string of the molecule is CCC1(C)CCC(=O)C(C)CC1. The quantitative estimate of drug-likeness (QED) is 0.549. The Bertz CT molecular complexity index is 174. The molecule has 0 heterocycles. The summed E-state index contributed by atoms with van der Waals surface area (Å²) in [5, 5.41) is 0. The van der Waals surface area contributed by atoms with Gasteiger partial charge in [-0.25, -0.2) is 0 Å². The molecule has 0 aliphatic heterocycles. The highest BCUT2D eigenvalue weighted by atomic mass is 16.1. The van der Waals surface area contributed by atoms with E-state index in [1.54, 1.807) is 0 Å². The lowest BCUT2D eigenvalue weighted by atomic mass is 9.80. The van der Waals surface area contributed by atoms with E-state index in [1.807, 2.05) is 0 Å². The number of rotatable bonds is 1. The van der Waals surface area contributed by atoms with Crippen molar-refractivity contribution in [2.24, 2.45) is 11.3 Å². The Morgan fingerprint density at radius 2 is 2.17 bits per heavy atom. The van der Waals surface area contributed by atoms with Gasteiger partial charge in [0.25, 0.3) is 0 Å². The first-order valence-electron chi connectivity index (χ1n) is 5.10. The molecule has 0 amide bonds. The summed E-state index contributed by atoms with van der Waals surface area (Å²) < 4.78 is 0. The second-order valence-electron chi connectivity index (χ2n) is 4.57. The van der Waals surface area contributed by atoms with Crippen LogP contribution < -0.4 is 0 Å². The smallest absolute Gasteiger partial charge is 0.135 e. The Kier molecular flexibility index (Phi) is 2.92. The maximum Gasteiger partial charge on any atom is 0.135 e. The van der Waals surface area contributed by atoms with Gasteiger partial charge in [0.1, 0.15) is 5.78 Å². The Balaban J connectivity index is 2.60. The maximum absolute atomic E-state index is 11.4. The molecule has 1 aliphatic carbocycles. The fourth-order valence-corrected chi connectivity index (χ4v) is 1.88. The van der Waals surface area contributed by atoms with Crippen LogP contribution in [0.25, 0.3) is 0 Å². The summed E-state index contributed by atoms with van der Waals surface area (Å²) >= 11 is 0. The van der Waals surface area contributed by atoms with Gasteiger partial charge in [0.05, 0.1) is 0 Å². The minimum absolute atomic E-state index is 0.318. The van der Waals surface area contributed by atoms with E-state index in [4.69, 9.17) is 0 Å². The van der Waals surface area contributed by atoms with E-state index in [0.29, 0.717) is 17.1 Å². The highest BCUT2D eigenvalue weighted by molar-refractivity contribution is 5.80. The van der Waals surface area contributed by atoms with Crippen molar-refractivity contribution in [1.82, 2.24) is 0 Å². The maximum atomic E-state index is 11.4. The molecule has 1 saturated carbocycles. The number of hydrogen-bond donors (Lipinski definition) is 0. The van der Waals surface area contributed by atoms with Gasteiger partial charge in [0, 0.05) is 12.3 Å². The Labute approximate surface area is 75.5 Å². The molecule has 0 aromatic heterocycles. The minimum atomic E-state index is 0.318. The van der Waals surface area contributed by atoms with E-state index in [2.05, 4.69) is 20.8 Å². The minimum Gasteiger partial charge on any atom is -0.299 e. The van der Waals surface area contributed by atoms with Gasteiger partial charge in [0.15, 0.2) is 0 Å². The average molecular weight is 168 g/mol. The molecular weight excluding hydrogens is 148 g/mol. The molecule has 12 heavy (non-hydrogen) atoms. The van der Waals surface area contributed by atoms with Crippen LogP contribution in [0.1, 0.15) is 52.9 Å². The van der Waals surface area contributed by atoms with Crippen LogP contribution in [0.5, 0.6) is 0 Å². The van der Waals surface area contributed by atoms with Crippen molar-refractivity contribution in [3.8, 4) is 0 Å². The van der Waals surface area contributed by atoms with Gasteiger partial charge in [-0.15, -0.1) is 0 Å². The second-order valence-corrected chi connectivity index (χ2v) is 4.57. The van der Waals surface area contributed by atoms with E-state index in [0.717, 1.165) is 19.3 Å². The molecule has 2 atom stereocenters. The fraction of sp³-hybridized carbons (Fsp3) is 0.909. The first-order chi connectivity index (χ1) is 5.57. The second kappa shape index (κ2) is 3.59. The molecular formula is C11H20O. The van der Waals surface area contributed by atoms with Crippen molar-refractivity contribution in [1.29, 1.82) is 0 Å². The van der Waals surface area contributed by atoms with E-state index < -0.39 is 0 Å². The third-order valence-electron chi connectivity index (χ3n) is 3.56. The summed E-state index contributed by atoms with van der Waals surface area (Å²) in [4.78, 5) is 11.4. The molecule has 2 unspecified atom stereocenters. The van der Waals surface area contributed by atoms with E-state index >= 15 is 0 Å². The lowest BCUT2D eigenvalue weighted by Gasteiger charge is -2.25. The molecule has 1 heteroatoms. The van der Waals surface area contributed by atoms with Gasteiger partial charge in [-0.05, 0) is 24.7 Å². The molecule has 0 spiro atoms. The molecule has 70 valence electrons. The fourth-order valence-electron chi connectivity index (χ4n) is 1.88. The zero-order valence-electron chi connectivity index (χ0n) is 8.52. The van der Waals surface area contributed by atoms with Crippen molar-refractivity contribution in [3.63, 3.8) is 0 Å². The molecule has 1 nitrogen and oxygen atoms in total. The van der Waals surface area contributed by atoms with Crippen LogP contribution in [-0.2, 0) is 4.79 Å². The lowest BCUT2D eigenvalue weighted by molar-refractivity contribution is -0.122. The van der Waals surface area contributed by atoms with Gasteiger partial charge in [-0.3, -0.25) is 4.79 Å². The molecule has 0 aromatic rings. The summed E-state index contributed by atoms with van der Waals surface area (Å²) in [6, 6.07) is 0. The molecule has 1 aliphatic rings. The van der Waals surface area contributed by atoms with Crippen molar-refractivity contribution in [3.05, 3.63) is 0 Å². The van der Waals surface area contributed by atoms with E-state index in [9.17, 15) is 4.79 Å². The zero-order valence-corrected chi connectivity index (χ0v) is 8.52. The topological polar surface area (TPSA) is 17.1 Å². The summed E-state index contributed by atoms with van der Waals surface area (Å²) in [6.45, 7) is 6.63. The van der Waals surface area contributed by atoms with Crippen molar-refractivity contribution in [2.45, 2.75) is 52.9 Å². The lowest BCUT2D eigenvalue weighted by Crippen LogP contribution is -2.13. The number of hydrogen-bond acceptors (Lipinski definition) is 1. The molecule has 1 fully saturated rings. The summed E-state index contributed by atoms with van der Waals surface area (Å²) in [6.07, 6.45) is 5.46. The number of carbonyl (C=O) groups is 1. The monoisotopic (exact) mass is 168 g/mol. The molecule has 0 N–H and O–H groups in total. The van der Waals surface area contributed by atoms with E-state index in [1.165, 1.54) is 12.8 Å². The van der Waals surface area contributed by atoms with Crippen LogP contribution in [0.15, 0.2) is 0 Å². The van der Waals surface area contributed by atoms with Crippen LogP contribution in [0.2, 0.25) is 0 Å². The average Bonchev–Trinajstić information content (AvgIpc) is 2.20. The van der Waals surface area contributed by atoms with Crippen molar-refractivity contribution in [2.75, 3.05) is 0 Å². The molecule has 1 rings (SSSR count). The largest absolute Gasteiger partial charge is 0.299 e. The van der Waals surface area contributed by atoms with Crippen LogP contribution in [0.3, 0.4) is 0 Å². The summed E-state index contributed by atoms with van der Waals surface area (Å²) in [5.74, 6) is 0.797. The zero-order chi connectivity index (χ0) is 9.19. The number of carbonyl (C=O) groups excluding carboxylic acids is 1. The molecule has 0 bridgehead atoms. The molecule has 0 aromatic carbocycles. The Morgan fingerprint density at radius 3 is 2.75 bits per heavy atom. The van der Waals surface area contributed by atoms with Crippen molar-refractivity contribution >= 4 is 5.78 Å². The number of ketones is 1. The first kappa shape index (κ1) is 9.76. The third-order valence-corrected chi connectivity index (χ3v) is 3.56. The van der Waals surface area contributed by atoms with Gasteiger partial charge in [0.2, 0.25) is 0 Å². The summed E-state index contributed by atoms with van der Waals surface area (Å²) in [7, 11) is 0. The van der Waals surface area contributed by atoms with E-state index in [-0.39, 0.29) is 0 Å². The predicted octanol–water partition coefficient (Wildman–Crippen LogP) is 3.18. The van der Waals surface area contributed by atoms with Gasteiger partial charge in [-0.2, -0.15) is 0 Å². The Morgan fingerprint density at radius 1 is 1.50 bits per heavy atom. The third kappa shape index (κ3) is 2.09. The van der Waals surface area contributed by atoms with Gasteiger partial charge >= 0.3 is 0 Å². The van der Waals surface area contributed by atoms with Crippen LogP contribution >= 0.6 is 0 Å². The van der Waals surface area contributed by atoms with Gasteiger partial charge < -0.3 is 0 Å². The highest BCUT2D eigenvalue weighted by Crippen LogP contribution is 2.37. The number of Topliss-reactive ketones (excluding diaryl/α,β-unsaturated/α-hetero) is 1. The first-order valence-corrected chi connectivity index (χ1v) is 5.10. The Hall–Kier alpha value is -0.330. The molecule has 0 saturated heterocycles. The summed E-state index contributed by atoms with van der Waals surface area (Å²) in [5.41, 5.74) is 0.445. The normalized spacial score (nSPS) is 37.9.